The number of carbonyl (C=O) groups excluding carboxylic acids is 1. The van der Waals surface area contributed by atoms with Crippen LogP contribution in [0.4, 0.5) is 0 Å². The Morgan fingerprint density at radius 1 is 1.42 bits per heavy atom. The molecular weight excluding hydrogens is 440 g/mol. The molecule has 0 radical (unpaired) electrons. The second-order valence-corrected chi connectivity index (χ2v) is 7.86. The zero-order valence-corrected chi connectivity index (χ0v) is 17.4. The lowest BCUT2D eigenvalue weighted by atomic mass is 10.1. The lowest BCUT2D eigenvalue weighted by Gasteiger charge is -2.08. The molecule has 0 saturated carbocycles. The van der Waals surface area contributed by atoms with E-state index >= 15 is 0 Å². The van der Waals surface area contributed by atoms with Gasteiger partial charge in [-0.15, -0.1) is 11.8 Å². The van der Waals surface area contributed by atoms with Crippen LogP contribution in [-0.2, 0) is 11.2 Å². The fourth-order valence-corrected chi connectivity index (χ4v) is 3.66. The van der Waals surface area contributed by atoms with Crippen molar-refractivity contribution in [3.63, 3.8) is 0 Å². The number of phenols is 1. The summed E-state index contributed by atoms with van der Waals surface area (Å²) in [5.74, 6) is 0.888. The van der Waals surface area contributed by atoms with E-state index in [1.165, 1.54) is 13.3 Å². The molecule has 0 unspecified atom stereocenters. The quantitative estimate of drug-likeness (QED) is 0.361. The monoisotopic (exact) mass is 456 g/mol. The summed E-state index contributed by atoms with van der Waals surface area (Å²) in [4.78, 5) is 13.2. The summed E-state index contributed by atoms with van der Waals surface area (Å²) in [5, 5.41) is 14.6. The number of hydrogen-bond donors (Lipinski definition) is 2. The average molecular weight is 458 g/mol. The molecular formula is C18H18BrClN2O3S. The summed E-state index contributed by atoms with van der Waals surface area (Å²) in [6.07, 6.45) is 1.52. The average Bonchev–Trinajstić information content (AvgIpc) is 2.60. The van der Waals surface area contributed by atoms with Gasteiger partial charge in [0.25, 0.3) is 0 Å². The molecule has 0 spiro atoms. The van der Waals surface area contributed by atoms with Crippen LogP contribution >= 0.6 is 39.3 Å². The van der Waals surface area contributed by atoms with Gasteiger partial charge in [-0.1, -0.05) is 34.5 Å². The molecule has 0 saturated heterocycles. The van der Waals surface area contributed by atoms with E-state index in [0.29, 0.717) is 16.3 Å². The molecule has 8 heteroatoms. The molecule has 0 atom stereocenters. The molecule has 2 N–H and O–H groups in total. The number of thioether (sulfide) groups is 1. The predicted molar refractivity (Wildman–Crippen MR) is 110 cm³/mol. The van der Waals surface area contributed by atoms with Gasteiger partial charge in [0.05, 0.1) is 19.7 Å². The van der Waals surface area contributed by atoms with Crippen molar-refractivity contribution in [2.75, 3.05) is 12.9 Å². The number of methoxy groups -OCH3 is 1. The van der Waals surface area contributed by atoms with Crippen LogP contribution in [0.15, 0.2) is 44.8 Å². The molecule has 0 heterocycles. The first-order chi connectivity index (χ1) is 12.4. The smallest absolute Gasteiger partial charge is 0.244 e. The van der Waals surface area contributed by atoms with Gasteiger partial charge in [-0.25, -0.2) is 5.43 Å². The van der Waals surface area contributed by atoms with Crippen LogP contribution in [0, 0.1) is 0 Å². The van der Waals surface area contributed by atoms with Crippen LogP contribution in [0.3, 0.4) is 0 Å². The molecule has 0 aromatic heterocycles. The maximum Gasteiger partial charge on any atom is 0.244 e. The minimum atomic E-state index is -0.275. The second-order valence-electron chi connectivity index (χ2n) is 5.20. The minimum absolute atomic E-state index is 0.0508. The first kappa shape index (κ1) is 20.6. The normalized spacial score (nSPS) is 10.9. The molecule has 0 aliphatic heterocycles. The van der Waals surface area contributed by atoms with Gasteiger partial charge in [-0.05, 0) is 41.6 Å². The number of amides is 1. The second kappa shape index (κ2) is 9.85. The number of aromatic hydroxyl groups is 1. The molecule has 138 valence electrons. The third kappa shape index (κ3) is 5.65. The van der Waals surface area contributed by atoms with Gasteiger partial charge < -0.3 is 9.84 Å². The SMILES string of the molecule is CCSc1ccc(Cl)cc1CC(=O)N/N=C\c1cc(Br)cc(OC)c1O. The van der Waals surface area contributed by atoms with E-state index < -0.39 is 0 Å². The summed E-state index contributed by atoms with van der Waals surface area (Å²) < 4.78 is 5.80. The molecule has 1 amide bonds. The highest BCUT2D eigenvalue weighted by molar-refractivity contribution is 9.10. The molecule has 0 aliphatic rings. The fraction of sp³-hybridized carbons (Fsp3) is 0.222. The highest BCUT2D eigenvalue weighted by Crippen LogP contribution is 2.32. The third-order valence-electron chi connectivity index (χ3n) is 3.36. The molecule has 2 rings (SSSR count). The standard InChI is InChI=1S/C18H18BrClN2O3S/c1-3-26-16-5-4-14(20)7-11(16)8-17(23)22-21-10-12-6-13(19)9-15(25-2)18(12)24/h4-7,9-10,24H,3,8H2,1-2H3,(H,22,23)/b21-10-. The number of phenolic OH excluding ortho intramolecular Hbond substituents is 1. The van der Waals surface area contributed by atoms with Crippen molar-refractivity contribution in [1.29, 1.82) is 0 Å². The predicted octanol–water partition coefficient (Wildman–Crippen LogP) is 4.62. The maximum atomic E-state index is 12.2. The number of hydrazone groups is 1. The number of nitrogens with one attached hydrogen (secondary N) is 1. The van der Waals surface area contributed by atoms with Crippen LogP contribution in [0.1, 0.15) is 18.1 Å². The Labute approximate surface area is 169 Å². The van der Waals surface area contributed by atoms with Crippen LogP contribution in [0.25, 0.3) is 0 Å². The van der Waals surface area contributed by atoms with Crippen molar-refractivity contribution in [3.05, 3.63) is 51.0 Å². The lowest BCUT2D eigenvalue weighted by molar-refractivity contribution is -0.120. The van der Waals surface area contributed by atoms with Crippen molar-refractivity contribution in [3.8, 4) is 11.5 Å². The Kier molecular flexibility index (Phi) is 7.81. The van der Waals surface area contributed by atoms with Gasteiger partial charge in [-0.2, -0.15) is 5.10 Å². The van der Waals surface area contributed by atoms with E-state index in [9.17, 15) is 9.90 Å². The highest BCUT2D eigenvalue weighted by atomic mass is 79.9. The number of rotatable bonds is 7. The number of hydrogen-bond acceptors (Lipinski definition) is 5. The lowest BCUT2D eigenvalue weighted by Crippen LogP contribution is -2.20. The number of nitrogens with zero attached hydrogens (tertiary/aromatic N) is 1. The van der Waals surface area contributed by atoms with E-state index in [1.54, 1.807) is 30.0 Å². The van der Waals surface area contributed by atoms with Gasteiger partial charge in [0, 0.05) is 20.0 Å². The molecule has 2 aromatic rings. The van der Waals surface area contributed by atoms with Gasteiger partial charge in [0.15, 0.2) is 11.5 Å². The van der Waals surface area contributed by atoms with Crippen LogP contribution in [0.2, 0.25) is 5.02 Å². The Hall–Kier alpha value is -1.70. The van der Waals surface area contributed by atoms with Crippen molar-refractivity contribution in [2.45, 2.75) is 18.2 Å². The third-order valence-corrected chi connectivity index (χ3v) is 5.05. The van der Waals surface area contributed by atoms with Gasteiger partial charge in [0.2, 0.25) is 5.91 Å². The summed E-state index contributed by atoms with van der Waals surface area (Å²) in [6, 6.07) is 8.81. The van der Waals surface area contributed by atoms with Crippen molar-refractivity contribution in [1.82, 2.24) is 5.43 Å². The Morgan fingerprint density at radius 3 is 2.88 bits per heavy atom. The minimum Gasteiger partial charge on any atom is -0.504 e. The molecule has 0 bridgehead atoms. The number of carbonyl (C=O) groups is 1. The summed E-state index contributed by atoms with van der Waals surface area (Å²) >= 11 is 11.0. The van der Waals surface area contributed by atoms with Gasteiger partial charge in [-0.3, -0.25) is 4.79 Å². The van der Waals surface area contributed by atoms with E-state index in [2.05, 4.69) is 26.5 Å². The molecule has 26 heavy (non-hydrogen) atoms. The number of halogens is 2. The Balaban J connectivity index is 2.07. The number of benzene rings is 2. The number of ether oxygens (including phenoxy) is 1. The molecule has 0 fully saturated rings. The maximum absolute atomic E-state index is 12.2. The molecule has 5 nitrogen and oxygen atoms in total. The highest BCUT2D eigenvalue weighted by Gasteiger charge is 2.10. The zero-order chi connectivity index (χ0) is 19.1. The summed E-state index contributed by atoms with van der Waals surface area (Å²) in [6.45, 7) is 2.05. The summed E-state index contributed by atoms with van der Waals surface area (Å²) in [5.41, 5.74) is 3.73. The van der Waals surface area contributed by atoms with Crippen LogP contribution < -0.4 is 10.2 Å². The Bertz CT molecular complexity index is 830. The molecule has 0 aliphatic carbocycles. The molecule has 2 aromatic carbocycles. The van der Waals surface area contributed by atoms with Gasteiger partial charge in [0.1, 0.15) is 0 Å². The van der Waals surface area contributed by atoms with E-state index in [1.807, 2.05) is 19.1 Å². The summed E-state index contributed by atoms with van der Waals surface area (Å²) in [7, 11) is 1.46. The van der Waals surface area contributed by atoms with Crippen molar-refractivity contribution >= 4 is 51.4 Å². The van der Waals surface area contributed by atoms with Crippen LogP contribution in [-0.4, -0.2) is 30.1 Å². The zero-order valence-electron chi connectivity index (χ0n) is 14.3. The van der Waals surface area contributed by atoms with E-state index in [-0.39, 0.29) is 18.1 Å². The largest absolute Gasteiger partial charge is 0.504 e. The first-order valence-electron chi connectivity index (χ1n) is 7.74. The van der Waals surface area contributed by atoms with E-state index in [4.69, 9.17) is 16.3 Å². The first-order valence-corrected chi connectivity index (χ1v) is 9.89. The topological polar surface area (TPSA) is 70.9 Å². The van der Waals surface area contributed by atoms with E-state index in [0.717, 1.165) is 20.7 Å². The van der Waals surface area contributed by atoms with Crippen molar-refractivity contribution < 1.29 is 14.6 Å². The van der Waals surface area contributed by atoms with Crippen LogP contribution in [0.5, 0.6) is 11.5 Å². The fourth-order valence-electron chi connectivity index (χ4n) is 2.22. The van der Waals surface area contributed by atoms with Crippen molar-refractivity contribution in [2.24, 2.45) is 5.10 Å². The van der Waals surface area contributed by atoms with Gasteiger partial charge >= 0.3 is 0 Å². The Morgan fingerprint density at radius 2 is 2.19 bits per heavy atom.